The second-order valence-electron chi connectivity index (χ2n) is 8.65. The Kier molecular flexibility index (Phi) is 6.41. The molecule has 3 N–H and O–H groups in total. The Labute approximate surface area is 200 Å². The van der Waals surface area contributed by atoms with Crippen LogP contribution in [0.3, 0.4) is 0 Å². The molecule has 186 valence electrons. The van der Waals surface area contributed by atoms with Crippen LogP contribution in [0.5, 0.6) is 0 Å². The molecule has 2 atom stereocenters. The lowest BCUT2D eigenvalue weighted by molar-refractivity contribution is -0.141. The second-order valence-corrected chi connectivity index (χ2v) is 8.65. The third-order valence-corrected chi connectivity index (χ3v) is 5.91. The summed E-state index contributed by atoms with van der Waals surface area (Å²) in [6.45, 7) is 9.77. The summed E-state index contributed by atoms with van der Waals surface area (Å²) in [5.41, 5.74) is 2.54. The number of fused-ring (bicyclic) bond motifs is 1. The predicted octanol–water partition coefficient (Wildman–Crippen LogP) is 3.66. The van der Waals surface area contributed by atoms with Crippen LogP contribution >= 0.6 is 0 Å². The average molecular weight is 489 g/mol. The number of alkyl halides is 3. The normalized spacial score (nSPS) is 17.7. The van der Waals surface area contributed by atoms with Crippen LogP contribution in [0.1, 0.15) is 42.1 Å². The summed E-state index contributed by atoms with van der Waals surface area (Å²) in [5, 5.41) is 20.7. The van der Waals surface area contributed by atoms with Gasteiger partial charge in [0.1, 0.15) is 17.6 Å². The van der Waals surface area contributed by atoms with Gasteiger partial charge in [-0.05, 0) is 38.0 Å². The van der Waals surface area contributed by atoms with E-state index in [1.807, 2.05) is 25.8 Å². The van der Waals surface area contributed by atoms with E-state index in [2.05, 4.69) is 37.3 Å². The molecule has 1 aliphatic rings. The number of likely N-dealkylation sites (N-methyl/N-ethyl adjacent to an activating group) is 1. The Hall–Kier alpha value is -3.67. The molecule has 0 aliphatic carbocycles. The third-order valence-electron chi connectivity index (χ3n) is 5.91. The molecule has 4 rings (SSSR count). The van der Waals surface area contributed by atoms with Crippen LogP contribution in [-0.4, -0.2) is 49.2 Å². The van der Waals surface area contributed by atoms with Crippen LogP contribution in [0.2, 0.25) is 0 Å². The molecule has 0 spiro atoms. The first-order valence-electron chi connectivity index (χ1n) is 11.0. The van der Waals surface area contributed by atoms with Crippen molar-refractivity contribution in [2.75, 3.05) is 22.6 Å². The summed E-state index contributed by atoms with van der Waals surface area (Å²) in [6.07, 6.45) is -1.77. The van der Waals surface area contributed by atoms with Crippen LogP contribution in [0.4, 0.5) is 30.6 Å². The van der Waals surface area contributed by atoms with Crippen LogP contribution in [0.15, 0.2) is 31.1 Å². The number of aliphatic hydroxyl groups is 1. The topological polar surface area (TPSA) is 104 Å². The minimum atomic E-state index is -4.52. The van der Waals surface area contributed by atoms with Crippen molar-refractivity contribution in [1.29, 1.82) is 0 Å². The summed E-state index contributed by atoms with van der Waals surface area (Å²) < 4.78 is 40.8. The number of nitrogens with zero attached hydrogens (tertiary/aromatic N) is 6. The van der Waals surface area contributed by atoms with Crippen LogP contribution in [0, 0.1) is 6.92 Å². The number of aliphatic hydroxyl groups excluding tert-OH is 1. The zero-order chi connectivity index (χ0) is 25.5. The summed E-state index contributed by atoms with van der Waals surface area (Å²) in [4.78, 5) is 14.7. The van der Waals surface area contributed by atoms with E-state index in [9.17, 15) is 18.3 Å². The first kappa shape index (κ1) is 24.5. The van der Waals surface area contributed by atoms with Gasteiger partial charge in [0.2, 0.25) is 5.95 Å². The SMILES string of the molecule is C=C(C)c1nc(C(F)(F)F)ccc1Cn1cc(CNc2nc(C)c3c(n2)N(C)[C@@H](C)C(O)N3)cn1. The smallest absolute Gasteiger partial charge is 0.372 e. The van der Waals surface area contributed by atoms with Crippen molar-refractivity contribution >= 4 is 23.0 Å². The van der Waals surface area contributed by atoms with Crippen molar-refractivity contribution in [3.8, 4) is 0 Å². The van der Waals surface area contributed by atoms with Gasteiger partial charge in [0.05, 0.1) is 30.2 Å². The maximum absolute atomic E-state index is 13.0. The molecule has 0 saturated heterocycles. The van der Waals surface area contributed by atoms with E-state index in [0.717, 1.165) is 11.6 Å². The highest BCUT2D eigenvalue weighted by Gasteiger charge is 2.33. The monoisotopic (exact) mass is 488 g/mol. The number of hydrogen-bond acceptors (Lipinski definition) is 8. The van der Waals surface area contributed by atoms with E-state index in [1.54, 1.807) is 24.0 Å². The van der Waals surface area contributed by atoms with Gasteiger partial charge in [0, 0.05) is 25.4 Å². The number of aryl methyl sites for hydroxylation is 1. The van der Waals surface area contributed by atoms with Crippen molar-refractivity contribution in [3.63, 3.8) is 0 Å². The fraction of sp³-hybridized carbons (Fsp3) is 0.391. The molecule has 4 heterocycles. The zero-order valence-corrected chi connectivity index (χ0v) is 19.8. The molecular formula is C23H27F3N8O. The van der Waals surface area contributed by atoms with Gasteiger partial charge in [-0.15, -0.1) is 0 Å². The van der Waals surface area contributed by atoms with Crippen LogP contribution in [0.25, 0.3) is 5.57 Å². The van der Waals surface area contributed by atoms with E-state index < -0.39 is 18.1 Å². The van der Waals surface area contributed by atoms with Gasteiger partial charge in [-0.2, -0.15) is 23.3 Å². The number of rotatable bonds is 6. The highest BCUT2D eigenvalue weighted by Crippen LogP contribution is 2.33. The number of hydrogen-bond donors (Lipinski definition) is 3. The van der Waals surface area contributed by atoms with Gasteiger partial charge in [-0.1, -0.05) is 12.6 Å². The number of anilines is 3. The quantitative estimate of drug-likeness (QED) is 0.483. The van der Waals surface area contributed by atoms with Crippen molar-refractivity contribution < 1.29 is 18.3 Å². The third kappa shape index (κ3) is 5.06. The number of pyridine rings is 1. The molecule has 0 amide bonds. The molecule has 3 aromatic rings. The van der Waals surface area contributed by atoms with E-state index in [1.165, 1.54) is 6.07 Å². The van der Waals surface area contributed by atoms with Crippen molar-refractivity contribution in [2.24, 2.45) is 0 Å². The molecule has 9 nitrogen and oxygen atoms in total. The number of allylic oxidation sites excluding steroid dienone is 1. The second kappa shape index (κ2) is 9.17. The molecule has 0 fully saturated rings. The average Bonchev–Trinajstić information content (AvgIpc) is 3.23. The molecule has 3 aromatic heterocycles. The Bertz CT molecular complexity index is 1260. The van der Waals surface area contributed by atoms with E-state index in [-0.39, 0.29) is 18.3 Å². The maximum atomic E-state index is 13.0. The minimum Gasteiger partial charge on any atom is -0.372 e. The van der Waals surface area contributed by atoms with Gasteiger partial charge < -0.3 is 20.6 Å². The Morgan fingerprint density at radius 1 is 1.26 bits per heavy atom. The largest absolute Gasteiger partial charge is 0.433 e. The molecule has 35 heavy (non-hydrogen) atoms. The first-order chi connectivity index (χ1) is 16.4. The molecule has 0 radical (unpaired) electrons. The molecule has 0 aromatic carbocycles. The first-order valence-corrected chi connectivity index (χ1v) is 11.0. The number of halogens is 3. The Morgan fingerprint density at radius 2 is 2.00 bits per heavy atom. The molecular weight excluding hydrogens is 461 g/mol. The summed E-state index contributed by atoms with van der Waals surface area (Å²) >= 11 is 0. The minimum absolute atomic E-state index is 0.160. The molecule has 0 saturated carbocycles. The molecule has 0 bridgehead atoms. The van der Waals surface area contributed by atoms with E-state index >= 15 is 0 Å². The van der Waals surface area contributed by atoms with Crippen molar-refractivity contribution in [3.05, 3.63) is 59.3 Å². The standard InChI is InChI=1S/C23H27F3N8O/c1-12(2)18-16(6-7-17(30-18)23(24,25)26)11-34-10-15(9-28-34)8-27-22-29-13(3)19-20(32-22)33(5)14(4)21(35)31-19/h6-7,9-10,14,21,31,35H,1,8,11H2,2-5H3,(H,27,29,32)/t14-,21?/m0/s1. The summed E-state index contributed by atoms with van der Waals surface area (Å²) in [5.74, 6) is 1.12. The van der Waals surface area contributed by atoms with Gasteiger partial charge in [-0.25, -0.2) is 9.97 Å². The Morgan fingerprint density at radius 3 is 2.69 bits per heavy atom. The summed E-state index contributed by atoms with van der Waals surface area (Å²) in [7, 11) is 1.86. The fourth-order valence-corrected chi connectivity index (χ4v) is 3.82. The lowest BCUT2D eigenvalue weighted by Gasteiger charge is -2.37. The predicted molar refractivity (Wildman–Crippen MR) is 127 cm³/mol. The van der Waals surface area contributed by atoms with Gasteiger partial charge in [0.25, 0.3) is 0 Å². The fourth-order valence-electron chi connectivity index (χ4n) is 3.82. The molecule has 1 unspecified atom stereocenters. The number of aromatic nitrogens is 5. The van der Waals surface area contributed by atoms with Gasteiger partial charge in [0.15, 0.2) is 5.82 Å². The van der Waals surface area contributed by atoms with E-state index in [4.69, 9.17) is 0 Å². The highest BCUT2D eigenvalue weighted by molar-refractivity contribution is 5.72. The summed E-state index contributed by atoms with van der Waals surface area (Å²) in [6, 6.07) is 2.22. The van der Waals surface area contributed by atoms with Gasteiger partial charge >= 0.3 is 6.18 Å². The maximum Gasteiger partial charge on any atom is 0.433 e. The van der Waals surface area contributed by atoms with Crippen LogP contribution in [-0.2, 0) is 19.3 Å². The van der Waals surface area contributed by atoms with E-state index in [0.29, 0.717) is 40.8 Å². The van der Waals surface area contributed by atoms with Crippen molar-refractivity contribution in [2.45, 2.75) is 52.3 Å². The highest BCUT2D eigenvalue weighted by atomic mass is 19.4. The lowest BCUT2D eigenvalue weighted by atomic mass is 10.1. The van der Waals surface area contributed by atoms with Gasteiger partial charge in [-0.3, -0.25) is 4.68 Å². The zero-order valence-electron chi connectivity index (χ0n) is 19.8. The van der Waals surface area contributed by atoms with Crippen molar-refractivity contribution in [1.82, 2.24) is 24.7 Å². The lowest BCUT2D eigenvalue weighted by Crippen LogP contribution is -2.48. The molecule has 12 heteroatoms. The van der Waals surface area contributed by atoms with Crippen LogP contribution < -0.4 is 15.5 Å². The number of nitrogens with one attached hydrogen (secondary N) is 2. The Balaban J connectivity index is 1.47. The molecule has 1 aliphatic heterocycles.